The topological polar surface area (TPSA) is 73.1 Å². The number of hydrogen-bond acceptors (Lipinski definition) is 5. The fraction of sp³-hybridized carbons (Fsp3) is 0.692. The summed E-state index contributed by atoms with van der Waals surface area (Å²) in [6.45, 7) is 3.78. The van der Waals surface area contributed by atoms with Crippen LogP contribution in [0.2, 0.25) is 0 Å². The molecule has 100 valence electrons. The van der Waals surface area contributed by atoms with Crippen molar-refractivity contribution in [2.45, 2.75) is 58.5 Å². The number of anilines is 1. The average molecular weight is 250 g/mol. The number of nitrogens with zero attached hydrogens (tertiary/aromatic N) is 2. The molecule has 5 nitrogen and oxygen atoms in total. The number of nitrogens with two attached hydrogens (primary N) is 1. The number of aromatic nitrogens is 2. The number of nitrogens with one attached hydrogen (secondary N) is 1. The third-order valence-electron chi connectivity index (χ3n) is 3.43. The van der Waals surface area contributed by atoms with Crippen molar-refractivity contribution in [1.82, 2.24) is 9.97 Å². The standard InChI is InChI=1S/C13H22N4O/c1-9-12(17-14)15-10(2)16-13(9)18-11-7-5-3-4-6-8-11/h11H,3-8,14H2,1-2H3,(H,15,16,17). The number of aryl methyl sites for hydroxylation is 1. The molecule has 0 unspecified atom stereocenters. The molecule has 0 bridgehead atoms. The predicted octanol–water partition coefficient (Wildman–Crippen LogP) is 2.48. The van der Waals surface area contributed by atoms with Crippen molar-refractivity contribution < 1.29 is 4.74 Å². The number of nitrogen functional groups attached to an aromatic ring is 1. The zero-order valence-corrected chi connectivity index (χ0v) is 11.2. The van der Waals surface area contributed by atoms with Crippen molar-refractivity contribution in [3.8, 4) is 5.88 Å². The van der Waals surface area contributed by atoms with Crippen LogP contribution in [0.25, 0.3) is 0 Å². The number of ether oxygens (including phenoxy) is 1. The minimum Gasteiger partial charge on any atom is -0.474 e. The van der Waals surface area contributed by atoms with Crippen molar-refractivity contribution in [3.63, 3.8) is 0 Å². The summed E-state index contributed by atoms with van der Waals surface area (Å²) in [6.07, 6.45) is 7.65. The highest BCUT2D eigenvalue weighted by molar-refractivity contribution is 5.47. The Morgan fingerprint density at radius 2 is 1.78 bits per heavy atom. The van der Waals surface area contributed by atoms with Crippen LogP contribution in [0.3, 0.4) is 0 Å². The van der Waals surface area contributed by atoms with Gasteiger partial charge in [0.05, 0.1) is 5.56 Å². The second-order valence-electron chi connectivity index (χ2n) is 4.93. The number of hydrazine groups is 1. The van der Waals surface area contributed by atoms with E-state index < -0.39 is 0 Å². The molecule has 0 aliphatic heterocycles. The molecule has 0 spiro atoms. The minimum atomic E-state index is 0.283. The summed E-state index contributed by atoms with van der Waals surface area (Å²) in [5, 5.41) is 0. The van der Waals surface area contributed by atoms with Crippen LogP contribution in [0.5, 0.6) is 5.88 Å². The van der Waals surface area contributed by atoms with Gasteiger partial charge in [-0.3, -0.25) is 0 Å². The molecular weight excluding hydrogens is 228 g/mol. The zero-order valence-electron chi connectivity index (χ0n) is 11.2. The van der Waals surface area contributed by atoms with E-state index in [0.717, 1.165) is 18.4 Å². The van der Waals surface area contributed by atoms with E-state index in [9.17, 15) is 0 Å². The first-order valence-electron chi connectivity index (χ1n) is 6.69. The molecule has 1 aliphatic carbocycles. The Morgan fingerprint density at radius 3 is 2.39 bits per heavy atom. The monoisotopic (exact) mass is 250 g/mol. The van der Waals surface area contributed by atoms with Gasteiger partial charge in [-0.2, -0.15) is 4.98 Å². The molecule has 1 aromatic rings. The quantitative estimate of drug-likeness (QED) is 0.490. The molecular formula is C13H22N4O. The van der Waals surface area contributed by atoms with Crippen LogP contribution < -0.4 is 16.0 Å². The Balaban J connectivity index is 2.14. The lowest BCUT2D eigenvalue weighted by Crippen LogP contribution is -2.19. The molecule has 1 fully saturated rings. The van der Waals surface area contributed by atoms with Gasteiger partial charge in [0.1, 0.15) is 17.7 Å². The van der Waals surface area contributed by atoms with Crippen molar-refractivity contribution in [2.24, 2.45) is 5.84 Å². The third-order valence-corrected chi connectivity index (χ3v) is 3.43. The highest BCUT2D eigenvalue weighted by atomic mass is 16.5. The molecule has 0 atom stereocenters. The molecule has 0 saturated heterocycles. The number of rotatable bonds is 3. The largest absolute Gasteiger partial charge is 0.474 e. The first kappa shape index (κ1) is 13.1. The van der Waals surface area contributed by atoms with Crippen LogP contribution in [0, 0.1) is 13.8 Å². The molecule has 1 aliphatic rings. The van der Waals surface area contributed by atoms with Crippen LogP contribution in [0.4, 0.5) is 5.82 Å². The molecule has 3 N–H and O–H groups in total. The normalized spacial score (nSPS) is 17.3. The molecule has 2 rings (SSSR count). The Morgan fingerprint density at radius 1 is 1.11 bits per heavy atom. The molecule has 1 saturated carbocycles. The second kappa shape index (κ2) is 6.00. The van der Waals surface area contributed by atoms with Gasteiger partial charge >= 0.3 is 0 Å². The summed E-state index contributed by atoms with van der Waals surface area (Å²) < 4.78 is 6.04. The molecule has 1 heterocycles. The van der Waals surface area contributed by atoms with Crippen LogP contribution in [0.15, 0.2) is 0 Å². The van der Waals surface area contributed by atoms with E-state index in [1.807, 2.05) is 13.8 Å². The lowest BCUT2D eigenvalue weighted by Gasteiger charge is -2.18. The Bertz CT molecular complexity index is 400. The predicted molar refractivity (Wildman–Crippen MR) is 71.4 cm³/mol. The van der Waals surface area contributed by atoms with Gasteiger partial charge in [0, 0.05) is 0 Å². The first-order valence-corrected chi connectivity index (χ1v) is 6.69. The van der Waals surface area contributed by atoms with Crippen molar-refractivity contribution in [2.75, 3.05) is 5.43 Å². The van der Waals surface area contributed by atoms with Gasteiger partial charge in [-0.05, 0) is 39.5 Å². The van der Waals surface area contributed by atoms with E-state index in [4.69, 9.17) is 10.6 Å². The lowest BCUT2D eigenvalue weighted by molar-refractivity contribution is 0.174. The summed E-state index contributed by atoms with van der Waals surface area (Å²) in [4.78, 5) is 8.61. The molecule has 0 radical (unpaired) electrons. The molecule has 18 heavy (non-hydrogen) atoms. The maximum absolute atomic E-state index is 6.04. The fourth-order valence-corrected chi connectivity index (χ4v) is 2.38. The molecule has 0 aromatic carbocycles. The average Bonchev–Trinajstić information content (AvgIpc) is 2.62. The highest BCUT2D eigenvalue weighted by Crippen LogP contribution is 2.26. The Hall–Kier alpha value is -1.36. The Kier molecular flexibility index (Phi) is 4.36. The molecule has 5 heteroatoms. The van der Waals surface area contributed by atoms with E-state index >= 15 is 0 Å². The van der Waals surface area contributed by atoms with E-state index in [1.54, 1.807) is 0 Å². The summed E-state index contributed by atoms with van der Waals surface area (Å²) in [6, 6.07) is 0. The summed E-state index contributed by atoms with van der Waals surface area (Å²) in [7, 11) is 0. The van der Waals surface area contributed by atoms with Crippen molar-refractivity contribution in [1.29, 1.82) is 0 Å². The summed E-state index contributed by atoms with van der Waals surface area (Å²) in [5.74, 6) is 7.44. The van der Waals surface area contributed by atoms with E-state index in [-0.39, 0.29) is 6.10 Å². The van der Waals surface area contributed by atoms with Crippen LogP contribution in [-0.2, 0) is 0 Å². The van der Waals surface area contributed by atoms with Crippen molar-refractivity contribution >= 4 is 5.82 Å². The van der Waals surface area contributed by atoms with E-state index in [1.165, 1.54) is 25.7 Å². The van der Waals surface area contributed by atoms with E-state index in [2.05, 4.69) is 15.4 Å². The van der Waals surface area contributed by atoms with Gasteiger partial charge in [0.25, 0.3) is 0 Å². The second-order valence-corrected chi connectivity index (χ2v) is 4.93. The van der Waals surface area contributed by atoms with Crippen molar-refractivity contribution in [3.05, 3.63) is 11.4 Å². The molecule has 1 aromatic heterocycles. The van der Waals surface area contributed by atoms with Crippen LogP contribution in [-0.4, -0.2) is 16.1 Å². The van der Waals surface area contributed by atoms with Crippen LogP contribution >= 0.6 is 0 Å². The van der Waals surface area contributed by atoms with Gasteiger partial charge < -0.3 is 10.2 Å². The third kappa shape index (κ3) is 3.10. The van der Waals surface area contributed by atoms with Gasteiger partial charge in [-0.25, -0.2) is 10.8 Å². The zero-order chi connectivity index (χ0) is 13.0. The maximum atomic E-state index is 6.04. The van der Waals surface area contributed by atoms with Gasteiger partial charge in [-0.1, -0.05) is 12.8 Å². The SMILES string of the molecule is Cc1nc(NN)c(C)c(OC2CCCCCC2)n1. The van der Waals surface area contributed by atoms with Gasteiger partial charge in [0.15, 0.2) is 0 Å². The van der Waals surface area contributed by atoms with E-state index in [0.29, 0.717) is 17.5 Å². The first-order chi connectivity index (χ1) is 8.70. The lowest BCUT2D eigenvalue weighted by atomic mass is 10.1. The van der Waals surface area contributed by atoms with Gasteiger partial charge in [0.2, 0.25) is 5.88 Å². The van der Waals surface area contributed by atoms with Crippen LogP contribution in [0.1, 0.15) is 49.9 Å². The summed E-state index contributed by atoms with van der Waals surface area (Å²) >= 11 is 0. The molecule has 0 amide bonds. The smallest absolute Gasteiger partial charge is 0.222 e. The number of hydrogen-bond donors (Lipinski definition) is 2. The maximum Gasteiger partial charge on any atom is 0.222 e. The Labute approximate surface area is 108 Å². The highest BCUT2D eigenvalue weighted by Gasteiger charge is 2.17. The fourth-order valence-electron chi connectivity index (χ4n) is 2.38. The minimum absolute atomic E-state index is 0.283. The summed E-state index contributed by atoms with van der Waals surface area (Å²) in [5.41, 5.74) is 3.48. The van der Waals surface area contributed by atoms with Gasteiger partial charge in [-0.15, -0.1) is 0 Å².